The van der Waals surface area contributed by atoms with E-state index in [2.05, 4.69) is 15.8 Å². The van der Waals surface area contributed by atoms with E-state index in [0.29, 0.717) is 4.90 Å². The van der Waals surface area contributed by atoms with Gasteiger partial charge in [0.15, 0.2) is 0 Å². The Morgan fingerprint density at radius 3 is 2.48 bits per heavy atom. The van der Waals surface area contributed by atoms with Crippen molar-refractivity contribution in [1.29, 1.82) is 0 Å². The van der Waals surface area contributed by atoms with Crippen molar-refractivity contribution >= 4 is 20.9 Å². The second kappa shape index (κ2) is 5.83. The van der Waals surface area contributed by atoms with Crippen molar-refractivity contribution in [3.63, 3.8) is 0 Å². The first-order chi connectivity index (χ1) is 10.8. The molecule has 0 aliphatic heterocycles. The number of aromatic amines is 1. The lowest BCUT2D eigenvalue weighted by atomic mass is 10.1. The van der Waals surface area contributed by atoms with E-state index in [4.69, 9.17) is 0 Å². The van der Waals surface area contributed by atoms with Gasteiger partial charge in [0.2, 0.25) is 10.0 Å². The topological polar surface area (TPSA) is 62.0 Å². The molecule has 0 saturated heterocycles. The normalized spacial score (nSPS) is 12.0. The highest BCUT2D eigenvalue weighted by molar-refractivity contribution is 7.89. The largest absolute Gasteiger partial charge is 0.359 e. The van der Waals surface area contributed by atoms with E-state index in [9.17, 15) is 8.42 Å². The van der Waals surface area contributed by atoms with E-state index < -0.39 is 10.0 Å². The molecule has 0 saturated carbocycles. The van der Waals surface area contributed by atoms with Crippen molar-refractivity contribution < 1.29 is 8.42 Å². The second-order valence-electron chi connectivity index (χ2n) is 5.94. The van der Waals surface area contributed by atoms with Gasteiger partial charge in [-0.1, -0.05) is 12.1 Å². The number of H-pyrrole nitrogens is 1. The van der Waals surface area contributed by atoms with Crippen LogP contribution < -0.4 is 4.72 Å². The minimum Gasteiger partial charge on any atom is -0.359 e. The zero-order chi connectivity index (χ0) is 16.6. The first-order valence-electron chi connectivity index (χ1n) is 7.50. The molecule has 0 unspecified atom stereocenters. The number of nitrogens with one attached hydrogen (secondary N) is 2. The summed E-state index contributed by atoms with van der Waals surface area (Å²) >= 11 is 0. The standard InChI is InChI=1S/C18H20N2O2S/c1-12-4-6-17(8-13(12)2)23(21,22)19-11-15-5-7-18-16(10-15)9-14(3)20-18/h4-10,19-20H,11H2,1-3H3. The highest BCUT2D eigenvalue weighted by atomic mass is 32.2. The van der Waals surface area contributed by atoms with E-state index in [-0.39, 0.29) is 6.54 Å². The number of hydrogen-bond acceptors (Lipinski definition) is 2. The van der Waals surface area contributed by atoms with Crippen molar-refractivity contribution in [3.8, 4) is 0 Å². The average Bonchev–Trinajstić information content (AvgIpc) is 2.87. The molecule has 5 heteroatoms. The maximum atomic E-state index is 12.4. The molecule has 2 aromatic carbocycles. The van der Waals surface area contributed by atoms with Crippen LogP contribution in [0.2, 0.25) is 0 Å². The summed E-state index contributed by atoms with van der Waals surface area (Å²) in [5.74, 6) is 0. The van der Waals surface area contributed by atoms with Crippen LogP contribution in [0.15, 0.2) is 47.4 Å². The van der Waals surface area contributed by atoms with Crippen LogP contribution in [0.4, 0.5) is 0 Å². The summed E-state index contributed by atoms with van der Waals surface area (Å²) in [5, 5.41) is 1.09. The third-order valence-corrected chi connectivity index (χ3v) is 5.47. The molecule has 0 spiro atoms. The van der Waals surface area contributed by atoms with Gasteiger partial charge in [0, 0.05) is 17.8 Å². The maximum Gasteiger partial charge on any atom is 0.240 e. The molecule has 3 rings (SSSR count). The summed E-state index contributed by atoms with van der Waals surface area (Å²) in [5.41, 5.74) is 5.13. The third-order valence-electron chi connectivity index (χ3n) is 4.07. The van der Waals surface area contributed by atoms with Gasteiger partial charge >= 0.3 is 0 Å². The Bertz CT molecular complexity index is 972. The summed E-state index contributed by atoms with van der Waals surface area (Å²) < 4.78 is 27.5. The van der Waals surface area contributed by atoms with Crippen molar-refractivity contribution in [1.82, 2.24) is 9.71 Å². The second-order valence-corrected chi connectivity index (χ2v) is 7.71. The number of benzene rings is 2. The Morgan fingerprint density at radius 1 is 0.957 bits per heavy atom. The van der Waals surface area contributed by atoms with Gasteiger partial charge in [0.25, 0.3) is 0 Å². The predicted octanol–water partition coefficient (Wildman–Crippen LogP) is 3.57. The van der Waals surface area contributed by atoms with Crippen LogP contribution in [0.5, 0.6) is 0 Å². The zero-order valence-electron chi connectivity index (χ0n) is 13.5. The van der Waals surface area contributed by atoms with E-state index in [1.54, 1.807) is 12.1 Å². The molecule has 0 aliphatic rings. The molecule has 0 amide bonds. The Labute approximate surface area is 136 Å². The molecule has 0 aliphatic carbocycles. The van der Waals surface area contributed by atoms with Gasteiger partial charge in [-0.3, -0.25) is 0 Å². The van der Waals surface area contributed by atoms with Crippen LogP contribution in [-0.2, 0) is 16.6 Å². The van der Waals surface area contributed by atoms with Gasteiger partial charge in [-0.2, -0.15) is 0 Å². The third kappa shape index (κ3) is 3.30. The number of fused-ring (bicyclic) bond motifs is 1. The summed E-state index contributed by atoms with van der Waals surface area (Å²) in [4.78, 5) is 3.56. The van der Waals surface area contributed by atoms with Gasteiger partial charge in [-0.15, -0.1) is 0 Å². The molecule has 0 atom stereocenters. The molecular weight excluding hydrogens is 308 g/mol. The van der Waals surface area contributed by atoms with E-state index in [1.165, 1.54) is 0 Å². The molecule has 0 radical (unpaired) electrons. The van der Waals surface area contributed by atoms with Gasteiger partial charge in [0.1, 0.15) is 0 Å². The van der Waals surface area contributed by atoms with Crippen molar-refractivity contribution in [2.75, 3.05) is 0 Å². The minimum atomic E-state index is -3.50. The molecule has 0 bridgehead atoms. The maximum absolute atomic E-state index is 12.4. The Hall–Kier alpha value is -2.11. The Balaban J connectivity index is 1.80. The molecule has 120 valence electrons. The predicted molar refractivity (Wildman–Crippen MR) is 93.0 cm³/mol. The lowest BCUT2D eigenvalue weighted by Gasteiger charge is -2.09. The number of hydrogen-bond donors (Lipinski definition) is 2. The van der Waals surface area contributed by atoms with E-state index in [0.717, 1.165) is 33.3 Å². The SMILES string of the molecule is Cc1cc2cc(CNS(=O)(=O)c3ccc(C)c(C)c3)ccc2[nH]1. The van der Waals surface area contributed by atoms with Crippen LogP contribution in [-0.4, -0.2) is 13.4 Å². The monoisotopic (exact) mass is 328 g/mol. The van der Waals surface area contributed by atoms with Crippen molar-refractivity contribution in [3.05, 3.63) is 64.8 Å². The molecule has 23 heavy (non-hydrogen) atoms. The molecule has 3 aromatic rings. The highest BCUT2D eigenvalue weighted by Gasteiger charge is 2.14. The van der Waals surface area contributed by atoms with E-state index in [1.807, 2.05) is 45.0 Å². The Kier molecular flexibility index (Phi) is 4.00. The highest BCUT2D eigenvalue weighted by Crippen LogP contribution is 2.18. The van der Waals surface area contributed by atoms with Crippen LogP contribution in [0, 0.1) is 20.8 Å². The van der Waals surface area contributed by atoms with E-state index >= 15 is 0 Å². The van der Waals surface area contributed by atoms with Gasteiger partial charge < -0.3 is 4.98 Å². The molecule has 1 aromatic heterocycles. The first kappa shape index (κ1) is 15.8. The number of aryl methyl sites for hydroxylation is 3. The molecule has 0 fully saturated rings. The lowest BCUT2D eigenvalue weighted by molar-refractivity contribution is 0.581. The van der Waals surface area contributed by atoms with Crippen LogP contribution in [0.3, 0.4) is 0 Å². The van der Waals surface area contributed by atoms with Crippen LogP contribution in [0.25, 0.3) is 10.9 Å². The Morgan fingerprint density at radius 2 is 1.74 bits per heavy atom. The van der Waals surface area contributed by atoms with Crippen molar-refractivity contribution in [2.24, 2.45) is 0 Å². The molecule has 2 N–H and O–H groups in total. The number of rotatable bonds is 4. The zero-order valence-corrected chi connectivity index (χ0v) is 14.3. The smallest absolute Gasteiger partial charge is 0.240 e. The summed E-state index contributed by atoms with van der Waals surface area (Å²) in [6.45, 7) is 6.15. The fourth-order valence-electron chi connectivity index (χ4n) is 2.58. The summed E-state index contributed by atoms with van der Waals surface area (Å²) in [6.07, 6.45) is 0. The van der Waals surface area contributed by atoms with Gasteiger partial charge in [-0.25, -0.2) is 13.1 Å². The van der Waals surface area contributed by atoms with Crippen molar-refractivity contribution in [2.45, 2.75) is 32.2 Å². The summed E-state index contributed by atoms with van der Waals surface area (Å²) in [6, 6.07) is 13.1. The first-order valence-corrected chi connectivity index (χ1v) is 8.99. The fourth-order valence-corrected chi connectivity index (χ4v) is 3.68. The number of aromatic nitrogens is 1. The van der Waals surface area contributed by atoms with Gasteiger partial charge in [0.05, 0.1) is 4.90 Å². The molecular formula is C18H20N2O2S. The van der Waals surface area contributed by atoms with Gasteiger partial charge in [-0.05, 0) is 73.2 Å². The summed E-state index contributed by atoms with van der Waals surface area (Å²) in [7, 11) is -3.50. The van der Waals surface area contributed by atoms with Crippen LogP contribution in [0.1, 0.15) is 22.4 Å². The lowest BCUT2D eigenvalue weighted by Crippen LogP contribution is -2.23. The fraction of sp³-hybridized carbons (Fsp3) is 0.222. The quantitative estimate of drug-likeness (QED) is 0.769. The average molecular weight is 328 g/mol. The minimum absolute atomic E-state index is 0.273. The van der Waals surface area contributed by atoms with Crippen LogP contribution >= 0.6 is 0 Å². The number of sulfonamides is 1. The molecule has 4 nitrogen and oxygen atoms in total. The molecule has 1 heterocycles.